The van der Waals surface area contributed by atoms with Gasteiger partial charge in [0.2, 0.25) is 0 Å². The van der Waals surface area contributed by atoms with Gasteiger partial charge in [-0.3, -0.25) is 0 Å². The zero-order valence-corrected chi connectivity index (χ0v) is 31.5. The first-order chi connectivity index (χ1) is 28.3. The number of aromatic nitrogens is 2. The van der Waals surface area contributed by atoms with Gasteiger partial charge in [-0.15, -0.1) is 11.3 Å². The van der Waals surface area contributed by atoms with E-state index in [0.717, 1.165) is 50.0 Å². The number of rotatable bonds is 5. The predicted octanol–water partition coefficient (Wildman–Crippen LogP) is 14.1. The summed E-state index contributed by atoms with van der Waals surface area (Å²) < 4.78 is 8.73. The van der Waals surface area contributed by atoms with Crippen LogP contribution in [-0.2, 0) is 5.41 Å². The Labute approximate surface area is 333 Å². The highest BCUT2D eigenvalue weighted by Crippen LogP contribution is 2.58. The molecule has 0 fully saturated rings. The van der Waals surface area contributed by atoms with Crippen molar-refractivity contribution in [3.05, 3.63) is 216 Å². The van der Waals surface area contributed by atoms with Crippen molar-refractivity contribution in [1.29, 1.82) is 0 Å². The average molecular weight is 745 g/mol. The van der Waals surface area contributed by atoms with Crippen molar-refractivity contribution in [2.75, 3.05) is 0 Å². The number of fused-ring (bicyclic) bond motifs is 9. The van der Waals surface area contributed by atoms with Gasteiger partial charge in [0.05, 0.1) is 16.8 Å². The maximum absolute atomic E-state index is 6.24. The average Bonchev–Trinajstić information content (AvgIpc) is 3.95. The number of thiophene rings is 1. The van der Waals surface area contributed by atoms with Crippen molar-refractivity contribution >= 4 is 53.4 Å². The normalized spacial score (nSPS) is 13.1. The Morgan fingerprint density at radius 2 is 1.02 bits per heavy atom. The molecule has 3 heterocycles. The third kappa shape index (κ3) is 4.71. The second-order valence-corrected chi connectivity index (χ2v) is 15.9. The molecule has 0 spiro atoms. The third-order valence-electron chi connectivity index (χ3n) is 11.8. The van der Waals surface area contributed by atoms with E-state index in [4.69, 9.17) is 14.4 Å². The van der Waals surface area contributed by atoms with E-state index in [2.05, 4.69) is 182 Å². The molecule has 57 heavy (non-hydrogen) atoms. The molecule has 8 aromatic carbocycles. The summed E-state index contributed by atoms with van der Waals surface area (Å²) in [6, 6.07) is 69.6. The third-order valence-corrected chi connectivity index (χ3v) is 13.0. The summed E-state index contributed by atoms with van der Waals surface area (Å²) in [5.41, 5.74) is 13.5. The lowest BCUT2D eigenvalue weighted by Gasteiger charge is -2.33. The monoisotopic (exact) mass is 744 g/mol. The Morgan fingerprint density at radius 1 is 0.421 bits per heavy atom. The van der Waals surface area contributed by atoms with E-state index in [0.29, 0.717) is 5.82 Å². The minimum atomic E-state index is -0.515. The molecular weight excluding hydrogens is 713 g/mol. The lowest BCUT2D eigenvalue weighted by atomic mass is 9.67. The Kier molecular flexibility index (Phi) is 7.01. The van der Waals surface area contributed by atoms with Crippen molar-refractivity contribution in [3.63, 3.8) is 0 Å². The molecule has 1 aliphatic carbocycles. The molecule has 0 unspecified atom stereocenters. The molecule has 0 radical (unpaired) electrons. The summed E-state index contributed by atoms with van der Waals surface area (Å²) in [6.45, 7) is 0. The van der Waals surface area contributed by atoms with Gasteiger partial charge in [-0.1, -0.05) is 158 Å². The largest absolute Gasteiger partial charge is 0.456 e. The van der Waals surface area contributed by atoms with Crippen molar-refractivity contribution in [2.45, 2.75) is 5.41 Å². The summed E-state index contributed by atoms with van der Waals surface area (Å²) in [7, 11) is 0. The van der Waals surface area contributed by atoms with Crippen LogP contribution in [0.5, 0.6) is 0 Å². The summed E-state index contributed by atoms with van der Waals surface area (Å²) >= 11 is 1.82. The number of benzene rings is 8. The van der Waals surface area contributed by atoms with Gasteiger partial charge in [-0.2, -0.15) is 0 Å². The highest BCUT2D eigenvalue weighted by molar-refractivity contribution is 7.26. The summed E-state index contributed by atoms with van der Waals surface area (Å²) in [4.78, 5) is 10.9. The Bertz CT molecular complexity index is 3320. The molecule has 266 valence electrons. The van der Waals surface area contributed by atoms with Crippen LogP contribution >= 0.6 is 11.3 Å². The molecule has 1 aliphatic rings. The molecule has 4 heteroatoms. The highest BCUT2D eigenvalue weighted by Gasteiger charge is 2.46. The Hall–Kier alpha value is -7.14. The van der Waals surface area contributed by atoms with Crippen molar-refractivity contribution in [2.24, 2.45) is 0 Å². The molecule has 0 bridgehead atoms. The zero-order chi connectivity index (χ0) is 37.5. The molecule has 12 rings (SSSR count). The lowest BCUT2D eigenvalue weighted by Crippen LogP contribution is -2.28. The first-order valence-corrected chi connectivity index (χ1v) is 20.1. The van der Waals surface area contributed by atoms with E-state index >= 15 is 0 Å². The number of furan rings is 1. The smallest absolute Gasteiger partial charge is 0.160 e. The van der Waals surface area contributed by atoms with Gasteiger partial charge in [0.15, 0.2) is 5.82 Å². The number of hydrogen-bond acceptors (Lipinski definition) is 4. The van der Waals surface area contributed by atoms with E-state index in [1.807, 2.05) is 23.5 Å². The van der Waals surface area contributed by atoms with Crippen molar-refractivity contribution in [1.82, 2.24) is 9.97 Å². The van der Waals surface area contributed by atoms with Crippen LogP contribution in [0.1, 0.15) is 22.3 Å². The summed E-state index contributed by atoms with van der Waals surface area (Å²) in [5, 5.41) is 4.64. The van der Waals surface area contributed by atoms with E-state index in [1.165, 1.54) is 53.6 Å². The zero-order valence-electron chi connectivity index (χ0n) is 30.7. The second kappa shape index (κ2) is 12.4. The van der Waals surface area contributed by atoms with Gasteiger partial charge in [-0.05, 0) is 69.8 Å². The summed E-state index contributed by atoms with van der Waals surface area (Å²) in [6.07, 6.45) is 0. The van der Waals surface area contributed by atoms with Gasteiger partial charge in [-0.25, -0.2) is 9.97 Å². The van der Waals surface area contributed by atoms with Crippen LogP contribution in [0.3, 0.4) is 0 Å². The maximum Gasteiger partial charge on any atom is 0.160 e. The fourth-order valence-electron chi connectivity index (χ4n) is 9.37. The van der Waals surface area contributed by atoms with E-state index in [9.17, 15) is 0 Å². The van der Waals surface area contributed by atoms with Crippen LogP contribution in [0.25, 0.3) is 87.1 Å². The quantitative estimate of drug-likeness (QED) is 0.176. The van der Waals surface area contributed by atoms with Gasteiger partial charge in [0, 0.05) is 47.6 Å². The van der Waals surface area contributed by atoms with E-state index in [1.54, 1.807) is 0 Å². The van der Waals surface area contributed by atoms with Crippen LogP contribution in [0.2, 0.25) is 0 Å². The number of nitrogens with zero attached hydrogens (tertiary/aromatic N) is 2. The van der Waals surface area contributed by atoms with Gasteiger partial charge < -0.3 is 4.42 Å². The van der Waals surface area contributed by atoms with Crippen molar-refractivity contribution in [3.8, 4) is 45.0 Å². The molecule has 0 atom stereocenters. The molecule has 3 aromatic heterocycles. The SMILES string of the molecule is c1ccc(C2(c3ccccc3)c3ccccc3-c3c(-c4cc(-c5cccc6c5sc5ccccc56)nc(-c5ccc6oc7ccccc7c6c5)n4)cccc32)cc1. The van der Waals surface area contributed by atoms with E-state index < -0.39 is 5.41 Å². The molecule has 3 nitrogen and oxygen atoms in total. The summed E-state index contributed by atoms with van der Waals surface area (Å²) in [5.74, 6) is 0.675. The first-order valence-electron chi connectivity index (χ1n) is 19.3. The molecule has 0 saturated carbocycles. The second-order valence-electron chi connectivity index (χ2n) is 14.8. The molecule has 0 saturated heterocycles. The number of hydrogen-bond donors (Lipinski definition) is 0. The Morgan fingerprint density at radius 3 is 1.84 bits per heavy atom. The molecule has 0 amide bonds. The van der Waals surface area contributed by atoms with E-state index in [-0.39, 0.29) is 0 Å². The van der Waals surface area contributed by atoms with Gasteiger partial charge in [0.25, 0.3) is 0 Å². The van der Waals surface area contributed by atoms with Crippen LogP contribution in [0.15, 0.2) is 199 Å². The van der Waals surface area contributed by atoms with Crippen LogP contribution in [0, 0.1) is 0 Å². The van der Waals surface area contributed by atoms with Gasteiger partial charge in [0.1, 0.15) is 11.2 Å². The molecular formula is C53H32N2OS. The lowest BCUT2D eigenvalue weighted by molar-refractivity contribution is 0.669. The standard InChI is InChI=1S/C53H32N2OS/c1-3-15-34(16-4-1)53(35-17-5-2-6-18-35)43-25-10-7-21-39(43)50-40(23-14-26-44(50)53)45-32-46(41-24-13-22-38-37-20-9-12-28-49(37)57-51(38)41)55-52(54-45)33-29-30-48-42(31-33)36-19-8-11-27-47(36)56-48/h1-32H. The fraction of sp³-hybridized carbons (Fsp3) is 0.0189. The molecule has 0 N–H and O–H groups in total. The molecule has 11 aromatic rings. The fourth-order valence-corrected chi connectivity index (χ4v) is 10.6. The van der Waals surface area contributed by atoms with Crippen LogP contribution in [0.4, 0.5) is 0 Å². The minimum absolute atomic E-state index is 0.515. The minimum Gasteiger partial charge on any atom is -0.456 e. The van der Waals surface area contributed by atoms with Crippen molar-refractivity contribution < 1.29 is 4.42 Å². The Balaban J connectivity index is 1.16. The van der Waals surface area contributed by atoms with Gasteiger partial charge >= 0.3 is 0 Å². The first kappa shape index (κ1) is 32.1. The molecule has 0 aliphatic heterocycles. The topological polar surface area (TPSA) is 38.9 Å². The van der Waals surface area contributed by atoms with Crippen LogP contribution < -0.4 is 0 Å². The maximum atomic E-state index is 6.24. The van der Waals surface area contributed by atoms with Crippen LogP contribution in [-0.4, -0.2) is 9.97 Å². The highest BCUT2D eigenvalue weighted by atomic mass is 32.1. The number of para-hydroxylation sites is 1. The predicted molar refractivity (Wildman–Crippen MR) is 236 cm³/mol.